The lowest BCUT2D eigenvalue weighted by Crippen LogP contribution is -2.42. The van der Waals surface area contributed by atoms with Crippen molar-refractivity contribution in [3.8, 4) is 17.1 Å². The standard InChI is InChI=1S/C19H19FN6O2/c1-19(2,3)24-18(27)28-14-9-22-17-16(14)23-12(8-21-17)15-11-6-5-10(20)7-13(11)26(4)25-15/h5-9H,1-4H3,(H,21,22)(H,24,27). The number of nitrogens with one attached hydrogen (secondary N) is 2. The number of hydrogen-bond donors (Lipinski definition) is 2. The SMILES string of the molecule is Cn1nc(-c2cnc3[nH]cc(OC(=O)NC(C)(C)C)c3n2)c2ccc(F)cc21. The Morgan fingerprint density at radius 1 is 1.32 bits per heavy atom. The zero-order valence-corrected chi connectivity index (χ0v) is 15.9. The number of amides is 1. The quantitative estimate of drug-likeness (QED) is 0.553. The number of benzene rings is 1. The number of carbonyl (C=O) groups is 1. The van der Waals surface area contributed by atoms with Crippen LogP contribution in [0.4, 0.5) is 9.18 Å². The van der Waals surface area contributed by atoms with E-state index in [0.29, 0.717) is 28.1 Å². The van der Waals surface area contributed by atoms with Gasteiger partial charge in [-0.15, -0.1) is 0 Å². The molecule has 1 aromatic carbocycles. The van der Waals surface area contributed by atoms with Gasteiger partial charge in [-0.1, -0.05) is 0 Å². The summed E-state index contributed by atoms with van der Waals surface area (Å²) in [5.74, 6) is -0.0767. The third-order valence-corrected chi connectivity index (χ3v) is 4.08. The molecule has 0 bridgehead atoms. The second kappa shape index (κ2) is 6.29. The second-order valence-corrected chi connectivity index (χ2v) is 7.50. The number of halogens is 1. The molecule has 0 atom stereocenters. The Hall–Kier alpha value is -3.49. The predicted octanol–water partition coefficient (Wildman–Crippen LogP) is 3.54. The first-order valence-electron chi connectivity index (χ1n) is 8.68. The van der Waals surface area contributed by atoms with E-state index in [4.69, 9.17) is 4.74 Å². The normalized spacial score (nSPS) is 11.9. The average molecular weight is 382 g/mol. The molecule has 0 aliphatic rings. The predicted molar refractivity (Wildman–Crippen MR) is 102 cm³/mol. The molecular formula is C19H19FN6O2. The van der Waals surface area contributed by atoms with E-state index in [0.717, 1.165) is 5.39 Å². The summed E-state index contributed by atoms with van der Waals surface area (Å²) in [5.41, 5.74) is 2.16. The van der Waals surface area contributed by atoms with Gasteiger partial charge in [0.05, 0.1) is 11.7 Å². The third-order valence-electron chi connectivity index (χ3n) is 4.08. The number of rotatable bonds is 2. The van der Waals surface area contributed by atoms with Gasteiger partial charge in [0.1, 0.15) is 17.2 Å². The van der Waals surface area contributed by atoms with Crippen molar-refractivity contribution >= 4 is 28.2 Å². The lowest BCUT2D eigenvalue weighted by atomic mass is 10.1. The molecule has 1 amide bonds. The van der Waals surface area contributed by atoms with Crippen LogP contribution in [0, 0.1) is 5.82 Å². The molecule has 0 unspecified atom stereocenters. The first-order valence-corrected chi connectivity index (χ1v) is 8.68. The zero-order valence-electron chi connectivity index (χ0n) is 15.9. The fraction of sp³-hybridized carbons (Fsp3) is 0.263. The number of ether oxygens (including phenoxy) is 1. The van der Waals surface area contributed by atoms with Crippen molar-refractivity contribution in [2.24, 2.45) is 7.05 Å². The highest BCUT2D eigenvalue weighted by Gasteiger charge is 2.19. The molecule has 0 aliphatic carbocycles. The topological polar surface area (TPSA) is 97.7 Å². The highest BCUT2D eigenvalue weighted by molar-refractivity contribution is 5.93. The van der Waals surface area contributed by atoms with Crippen LogP contribution < -0.4 is 10.1 Å². The summed E-state index contributed by atoms with van der Waals surface area (Å²) in [6.07, 6.45) is 2.52. The van der Waals surface area contributed by atoms with Gasteiger partial charge in [-0.3, -0.25) is 4.68 Å². The van der Waals surface area contributed by atoms with Crippen molar-refractivity contribution in [1.29, 1.82) is 0 Å². The van der Waals surface area contributed by atoms with Gasteiger partial charge >= 0.3 is 6.09 Å². The molecule has 0 fully saturated rings. The Kier molecular flexibility index (Phi) is 4.02. The second-order valence-electron chi connectivity index (χ2n) is 7.50. The first kappa shape index (κ1) is 17.9. The molecule has 0 spiro atoms. The van der Waals surface area contributed by atoms with Crippen LogP contribution in [0.5, 0.6) is 5.75 Å². The number of aryl methyl sites for hydroxylation is 1. The smallest absolute Gasteiger partial charge is 0.406 e. The van der Waals surface area contributed by atoms with Crippen molar-refractivity contribution in [2.45, 2.75) is 26.3 Å². The van der Waals surface area contributed by atoms with Crippen molar-refractivity contribution in [2.75, 3.05) is 0 Å². The Morgan fingerprint density at radius 3 is 2.86 bits per heavy atom. The molecule has 8 nitrogen and oxygen atoms in total. The average Bonchev–Trinajstić information content (AvgIpc) is 3.14. The minimum absolute atomic E-state index is 0.261. The summed E-state index contributed by atoms with van der Waals surface area (Å²) in [6.45, 7) is 5.57. The van der Waals surface area contributed by atoms with E-state index in [1.165, 1.54) is 18.3 Å². The van der Waals surface area contributed by atoms with E-state index in [1.807, 2.05) is 20.8 Å². The lowest BCUT2D eigenvalue weighted by Gasteiger charge is -2.19. The maximum Gasteiger partial charge on any atom is 0.413 e. The molecule has 0 aliphatic heterocycles. The fourth-order valence-corrected chi connectivity index (χ4v) is 2.91. The number of aromatic nitrogens is 5. The molecule has 0 saturated carbocycles. The monoisotopic (exact) mass is 382 g/mol. The van der Waals surface area contributed by atoms with Crippen LogP contribution in [0.3, 0.4) is 0 Å². The maximum absolute atomic E-state index is 13.6. The molecule has 4 aromatic rings. The van der Waals surface area contributed by atoms with Crippen LogP contribution in [-0.2, 0) is 7.05 Å². The van der Waals surface area contributed by atoms with E-state index < -0.39 is 11.6 Å². The molecule has 2 N–H and O–H groups in total. The minimum atomic E-state index is -0.584. The fourth-order valence-electron chi connectivity index (χ4n) is 2.91. The molecular weight excluding hydrogens is 363 g/mol. The number of aromatic amines is 1. The first-order chi connectivity index (χ1) is 13.2. The van der Waals surface area contributed by atoms with Crippen LogP contribution in [-0.4, -0.2) is 36.4 Å². The van der Waals surface area contributed by atoms with Crippen LogP contribution >= 0.6 is 0 Å². The summed E-state index contributed by atoms with van der Waals surface area (Å²) >= 11 is 0. The summed E-state index contributed by atoms with van der Waals surface area (Å²) in [7, 11) is 1.74. The van der Waals surface area contributed by atoms with Crippen molar-refractivity contribution in [1.82, 2.24) is 30.0 Å². The van der Waals surface area contributed by atoms with Crippen LogP contribution in [0.25, 0.3) is 33.5 Å². The highest BCUT2D eigenvalue weighted by Crippen LogP contribution is 2.29. The lowest BCUT2D eigenvalue weighted by molar-refractivity contribution is 0.191. The molecule has 3 heterocycles. The Morgan fingerprint density at radius 2 is 2.11 bits per heavy atom. The van der Waals surface area contributed by atoms with Crippen LogP contribution in [0.15, 0.2) is 30.6 Å². The van der Waals surface area contributed by atoms with Gasteiger partial charge in [-0.2, -0.15) is 5.10 Å². The molecule has 9 heteroatoms. The van der Waals surface area contributed by atoms with E-state index in [1.54, 1.807) is 24.0 Å². The minimum Gasteiger partial charge on any atom is -0.406 e. The van der Waals surface area contributed by atoms with Gasteiger partial charge in [0.15, 0.2) is 16.9 Å². The summed E-state index contributed by atoms with van der Waals surface area (Å²) in [4.78, 5) is 23.9. The number of H-pyrrole nitrogens is 1. The largest absolute Gasteiger partial charge is 0.413 e. The molecule has 4 rings (SSSR count). The number of hydrogen-bond acceptors (Lipinski definition) is 5. The third kappa shape index (κ3) is 3.26. The van der Waals surface area contributed by atoms with Crippen molar-refractivity contribution < 1.29 is 13.9 Å². The van der Waals surface area contributed by atoms with Gasteiger partial charge in [-0.25, -0.2) is 19.2 Å². The van der Waals surface area contributed by atoms with E-state index >= 15 is 0 Å². The van der Waals surface area contributed by atoms with E-state index in [2.05, 4.69) is 25.4 Å². The number of fused-ring (bicyclic) bond motifs is 2. The van der Waals surface area contributed by atoms with Crippen LogP contribution in [0.1, 0.15) is 20.8 Å². The molecule has 144 valence electrons. The Balaban J connectivity index is 1.75. The molecule has 28 heavy (non-hydrogen) atoms. The van der Waals surface area contributed by atoms with Crippen LogP contribution in [0.2, 0.25) is 0 Å². The maximum atomic E-state index is 13.6. The van der Waals surface area contributed by atoms with Crippen molar-refractivity contribution in [3.63, 3.8) is 0 Å². The highest BCUT2D eigenvalue weighted by atomic mass is 19.1. The summed E-state index contributed by atoms with van der Waals surface area (Å²) in [5, 5.41) is 7.93. The van der Waals surface area contributed by atoms with Gasteiger partial charge in [-0.05, 0) is 39.0 Å². The summed E-state index contributed by atoms with van der Waals surface area (Å²) in [6, 6.07) is 4.45. The number of nitrogens with zero attached hydrogens (tertiary/aromatic N) is 4. The Bertz CT molecular complexity index is 1200. The molecule has 0 saturated heterocycles. The summed E-state index contributed by atoms with van der Waals surface area (Å²) < 4.78 is 20.5. The van der Waals surface area contributed by atoms with E-state index in [9.17, 15) is 9.18 Å². The van der Waals surface area contributed by atoms with Crippen molar-refractivity contribution in [3.05, 3.63) is 36.4 Å². The Labute approximate surface area is 159 Å². The van der Waals surface area contributed by atoms with Gasteiger partial charge < -0.3 is 15.0 Å². The molecule has 3 aromatic heterocycles. The molecule has 0 radical (unpaired) electrons. The zero-order chi connectivity index (χ0) is 20.1. The van der Waals surface area contributed by atoms with Gasteiger partial charge in [0, 0.05) is 24.2 Å². The number of carbonyl (C=O) groups excluding carboxylic acids is 1. The van der Waals surface area contributed by atoms with Gasteiger partial charge in [0.25, 0.3) is 0 Å². The van der Waals surface area contributed by atoms with E-state index in [-0.39, 0.29) is 11.6 Å². The van der Waals surface area contributed by atoms with Gasteiger partial charge in [0.2, 0.25) is 0 Å².